The van der Waals surface area contributed by atoms with Crippen molar-refractivity contribution >= 4 is 0 Å². The lowest BCUT2D eigenvalue weighted by molar-refractivity contribution is -0.0173. The summed E-state index contributed by atoms with van der Waals surface area (Å²) in [6, 6.07) is 0. The fraction of sp³-hybridized carbons (Fsp3) is 1.00. The molecule has 2 aliphatic rings. The molecule has 0 bridgehead atoms. The van der Waals surface area contributed by atoms with E-state index in [9.17, 15) is 0 Å². The van der Waals surface area contributed by atoms with Crippen molar-refractivity contribution in [2.75, 3.05) is 45.9 Å². The van der Waals surface area contributed by atoms with Crippen LogP contribution in [0.4, 0.5) is 0 Å². The molecule has 2 saturated heterocycles. The molecule has 2 rings (SSSR count). The van der Waals surface area contributed by atoms with E-state index < -0.39 is 0 Å². The Morgan fingerprint density at radius 1 is 1.20 bits per heavy atom. The van der Waals surface area contributed by atoms with Gasteiger partial charge in [-0.1, -0.05) is 13.8 Å². The van der Waals surface area contributed by atoms with Crippen LogP contribution in [0, 0.1) is 5.92 Å². The standard InChI is InChI=1S/C16H32N2O2/c1-14(2)11-17-12-15-5-6-16(20-15)13-19-10-9-18-7-3-4-8-18/h14-17H,3-13H2,1-2H3. The zero-order valence-electron chi connectivity index (χ0n) is 13.3. The van der Waals surface area contributed by atoms with Crippen molar-refractivity contribution in [1.82, 2.24) is 10.2 Å². The second-order valence-corrected chi connectivity index (χ2v) is 6.63. The molecule has 2 heterocycles. The third-order valence-electron chi connectivity index (χ3n) is 4.17. The van der Waals surface area contributed by atoms with Gasteiger partial charge in [-0.2, -0.15) is 0 Å². The second kappa shape index (κ2) is 8.98. The second-order valence-electron chi connectivity index (χ2n) is 6.63. The summed E-state index contributed by atoms with van der Waals surface area (Å²) in [6.07, 6.45) is 5.75. The first-order valence-electron chi connectivity index (χ1n) is 8.40. The average Bonchev–Trinajstić information content (AvgIpc) is 3.05. The van der Waals surface area contributed by atoms with Gasteiger partial charge in [-0.25, -0.2) is 0 Å². The average molecular weight is 284 g/mol. The molecule has 0 aromatic heterocycles. The van der Waals surface area contributed by atoms with E-state index in [2.05, 4.69) is 24.1 Å². The van der Waals surface area contributed by atoms with Crippen LogP contribution in [-0.4, -0.2) is 63.0 Å². The first-order chi connectivity index (χ1) is 9.74. The molecule has 0 radical (unpaired) electrons. The van der Waals surface area contributed by atoms with Crippen molar-refractivity contribution in [3.63, 3.8) is 0 Å². The summed E-state index contributed by atoms with van der Waals surface area (Å²) >= 11 is 0. The topological polar surface area (TPSA) is 33.7 Å². The summed E-state index contributed by atoms with van der Waals surface area (Å²) in [5.41, 5.74) is 0. The van der Waals surface area contributed by atoms with Crippen molar-refractivity contribution in [3.8, 4) is 0 Å². The summed E-state index contributed by atoms with van der Waals surface area (Å²) in [4.78, 5) is 2.49. The van der Waals surface area contributed by atoms with E-state index in [1.807, 2.05) is 0 Å². The van der Waals surface area contributed by atoms with Crippen LogP contribution in [0.15, 0.2) is 0 Å². The van der Waals surface area contributed by atoms with E-state index in [-0.39, 0.29) is 0 Å². The summed E-state index contributed by atoms with van der Waals surface area (Å²) in [6.45, 7) is 11.8. The zero-order chi connectivity index (χ0) is 14.2. The number of rotatable bonds is 9. The Labute approximate surface area is 124 Å². The quantitative estimate of drug-likeness (QED) is 0.656. The van der Waals surface area contributed by atoms with Gasteiger partial charge in [0.15, 0.2) is 0 Å². The largest absolute Gasteiger partial charge is 0.377 e. The summed E-state index contributed by atoms with van der Waals surface area (Å²) in [5, 5.41) is 3.48. The Kier molecular flexibility index (Phi) is 7.28. The fourth-order valence-electron chi connectivity index (χ4n) is 3.00. The molecule has 20 heavy (non-hydrogen) atoms. The Morgan fingerprint density at radius 2 is 1.95 bits per heavy atom. The Morgan fingerprint density at radius 3 is 2.70 bits per heavy atom. The Bertz CT molecular complexity index is 255. The van der Waals surface area contributed by atoms with Gasteiger partial charge in [-0.3, -0.25) is 0 Å². The van der Waals surface area contributed by atoms with Crippen LogP contribution < -0.4 is 5.32 Å². The maximum atomic E-state index is 6.01. The molecule has 2 fully saturated rings. The molecule has 0 aromatic rings. The number of nitrogens with zero attached hydrogens (tertiary/aromatic N) is 1. The first-order valence-corrected chi connectivity index (χ1v) is 8.40. The van der Waals surface area contributed by atoms with Crippen LogP contribution in [-0.2, 0) is 9.47 Å². The zero-order valence-corrected chi connectivity index (χ0v) is 13.3. The van der Waals surface area contributed by atoms with E-state index >= 15 is 0 Å². The number of nitrogens with one attached hydrogen (secondary N) is 1. The van der Waals surface area contributed by atoms with Crippen LogP contribution in [0.25, 0.3) is 0 Å². The third kappa shape index (κ3) is 6.08. The van der Waals surface area contributed by atoms with Crippen molar-refractivity contribution < 1.29 is 9.47 Å². The highest BCUT2D eigenvalue weighted by atomic mass is 16.5. The lowest BCUT2D eigenvalue weighted by atomic mass is 10.2. The molecular weight excluding hydrogens is 252 g/mol. The van der Waals surface area contributed by atoms with Crippen LogP contribution in [0.5, 0.6) is 0 Å². The lowest BCUT2D eigenvalue weighted by Crippen LogP contribution is -2.30. The molecule has 2 atom stereocenters. The Hall–Kier alpha value is -0.160. The number of likely N-dealkylation sites (tertiary alicyclic amines) is 1. The highest BCUT2D eigenvalue weighted by Crippen LogP contribution is 2.19. The van der Waals surface area contributed by atoms with Crippen LogP contribution in [0.2, 0.25) is 0 Å². The minimum atomic E-state index is 0.319. The van der Waals surface area contributed by atoms with Crippen LogP contribution in [0.1, 0.15) is 39.5 Å². The van der Waals surface area contributed by atoms with E-state index in [0.717, 1.165) is 39.3 Å². The molecule has 0 amide bonds. The van der Waals surface area contributed by atoms with Gasteiger partial charge >= 0.3 is 0 Å². The summed E-state index contributed by atoms with van der Waals surface area (Å²) in [5.74, 6) is 0.709. The first kappa shape index (κ1) is 16.2. The smallest absolute Gasteiger partial charge is 0.0813 e. The fourth-order valence-corrected chi connectivity index (χ4v) is 3.00. The van der Waals surface area contributed by atoms with E-state index in [4.69, 9.17) is 9.47 Å². The molecule has 0 aliphatic carbocycles. The van der Waals surface area contributed by atoms with Gasteiger partial charge in [0.05, 0.1) is 25.4 Å². The van der Waals surface area contributed by atoms with Crippen LogP contribution in [0.3, 0.4) is 0 Å². The van der Waals surface area contributed by atoms with Crippen molar-refractivity contribution in [1.29, 1.82) is 0 Å². The molecule has 0 spiro atoms. The van der Waals surface area contributed by atoms with Gasteiger partial charge < -0.3 is 19.7 Å². The van der Waals surface area contributed by atoms with Crippen molar-refractivity contribution in [2.24, 2.45) is 5.92 Å². The molecule has 118 valence electrons. The van der Waals surface area contributed by atoms with Gasteiger partial charge in [0.2, 0.25) is 0 Å². The molecule has 2 aliphatic heterocycles. The minimum Gasteiger partial charge on any atom is -0.377 e. The predicted molar refractivity (Wildman–Crippen MR) is 82.1 cm³/mol. The SMILES string of the molecule is CC(C)CNCC1CCC(COCCN2CCCC2)O1. The summed E-state index contributed by atoms with van der Waals surface area (Å²) < 4.78 is 11.8. The highest BCUT2D eigenvalue weighted by molar-refractivity contribution is 4.75. The maximum absolute atomic E-state index is 6.01. The van der Waals surface area contributed by atoms with Gasteiger partial charge in [0.25, 0.3) is 0 Å². The molecule has 0 aromatic carbocycles. The molecular formula is C16H32N2O2. The highest BCUT2D eigenvalue weighted by Gasteiger charge is 2.25. The van der Waals surface area contributed by atoms with Gasteiger partial charge in [-0.15, -0.1) is 0 Å². The van der Waals surface area contributed by atoms with Gasteiger partial charge in [0.1, 0.15) is 0 Å². The molecule has 1 N–H and O–H groups in total. The van der Waals surface area contributed by atoms with Gasteiger partial charge in [-0.05, 0) is 51.2 Å². The Balaban J connectivity index is 1.46. The normalized spacial score (nSPS) is 27.8. The molecule has 0 saturated carbocycles. The van der Waals surface area contributed by atoms with E-state index in [1.54, 1.807) is 0 Å². The van der Waals surface area contributed by atoms with Crippen LogP contribution >= 0.6 is 0 Å². The number of hydrogen-bond acceptors (Lipinski definition) is 4. The minimum absolute atomic E-state index is 0.319. The molecule has 2 unspecified atom stereocenters. The third-order valence-corrected chi connectivity index (χ3v) is 4.17. The van der Waals surface area contributed by atoms with E-state index in [1.165, 1.54) is 32.4 Å². The molecule has 4 heteroatoms. The number of hydrogen-bond donors (Lipinski definition) is 1. The predicted octanol–water partition coefficient (Wildman–Crippen LogP) is 1.89. The van der Waals surface area contributed by atoms with Crippen molar-refractivity contribution in [3.05, 3.63) is 0 Å². The van der Waals surface area contributed by atoms with E-state index in [0.29, 0.717) is 18.1 Å². The van der Waals surface area contributed by atoms with Gasteiger partial charge in [0, 0.05) is 13.1 Å². The lowest BCUT2D eigenvalue weighted by Gasteiger charge is -2.17. The number of ether oxygens (including phenoxy) is 2. The molecule has 4 nitrogen and oxygen atoms in total. The summed E-state index contributed by atoms with van der Waals surface area (Å²) in [7, 11) is 0. The van der Waals surface area contributed by atoms with Crippen molar-refractivity contribution in [2.45, 2.75) is 51.7 Å². The monoisotopic (exact) mass is 284 g/mol. The maximum Gasteiger partial charge on any atom is 0.0813 e.